The first kappa shape index (κ1) is 20.6. The molecule has 0 radical (unpaired) electrons. The standard InChI is InChI=1S/C24H28N2O3/c1-15-13-24(3,4)26(5)21-12-22(28-6)17(11-19(15)21)14-25-20-10-8-9-18(16(20)2)23(27)29-7/h8-14H,1-7H3. The molecule has 0 N–H and O–H groups in total. The molecule has 2 aromatic carbocycles. The molecule has 3 rings (SSSR count). The van der Waals surface area contributed by atoms with Gasteiger partial charge in [0.15, 0.2) is 0 Å². The molecule has 2 aromatic rings. The fourth-order valence-electron chi connectivity index (χ4n) is 3.71. The predicted octanol–water partition coefficient (Wildman–Crippen LogP) is 5.17. The minimum atomic E-state index is -0.364. The number of likely N-dealkylation sites (N-methyl/N-ethyl adjacent to an activating group) is 1. The molecule has 1 aliphatic heterocycles. The van der Waals surface area contributed by atoms with Gasteiger partial charge in [-0.3, -0.25) is 4.99 Å². The first-order valence-electron chi connectivity index (χ1n) is 9.57. The lowest BCUT2D eigenvalue weighted by atomic mass is 9.88. The van der Waals surface area contributed by atoms with Crippen molar-refractivity contribution in [2.45, 2.75) is 33.2 Å². The third-order valence-corrected chi connectivity index (χ3v) is 5.62. The molecular weight excluding hydrogens is 364 g/mol. The van der Waals surface area contributed by atoms with Gasteiger partial charge in [0.25, 0.3) is 0 Å². The van der Waals surface area contributed by atoms with Crippen LogP contribution in [0.2, 0.25) is 0 Å². The van der Waals surface area contributed by atoms with E-state index in [1.54, 1.807) is 25.5 Å². The first-order valence-corrected chi connectivity index (χ1v) is 9.57. The lowest BCUT2D eigenvalue weighted by Gasteiger charge is -2.40. The highest BCUT2D eigenvalue weighted by atomic mass is 16.5. The molecule has 29 heavy (non-hydrogen) atoms. The Bertz CT molecular complexity index is 1020. The summed E-state index contributed by atoms with van der Waals surface area (Å²) in [6.07, 6.45) is 4.06. The van der Waals surface area contributed by atoms with Gasteiger partial charge in [0.1, 0.15) is 5.75 Å². The van der Waals surface area contributed by atoms with E-state index in [0.717, 1.165) is 33.8 Å². The Balaban J connectivity index is 2.06. The van der Waals surface area contributed by atoms with Crippen LogP contribution < -0.4 is 9.64 Å². The molecule has 0 atom stereocenters. The average Bonchev–Trinajstić information content (AvgIpc) is 2.70. The third-order valence-electron chi connectivity index (χ3n) is 5.62. The van der Waals surface area contributed by atoms with Gasteiger partial charge >= 0.3 is 5.97 Å². The van der Waals surface area contributed by atoms with Gasteiger partial charge < -0.3 is 14.4 Å². The molecule has 152 valence electrons. The highest BCUT2D eigenvalue weighted by Gasteiger charge is 2.29. The first-order chi connectivity index (χ1) is 13.7. The number of esters is 1. The van der Waals surface area contributed by atoms with Gasteiger partial charge in [-0.1, -0.05) is 12.1 Å². The van der Waals surface area contributed by atoms with E-state index in [9.17, 15) is 4.79 Å². The van der Waals surface area contributed by atoms with Crippen LogP contribution in [0.25, 0.3) is 5.57 Å². The van der Waals surface area contributed by atoms with Gasteiger partial charge in [-0.05, 0) is 57.0 Å². The summed E-state index contributed by atoms with van der Waals surface area (Å²) in [4.78, 5) is 18.8. The van der Waals surface area contributed by atoms with Crippen LogP contribution in [0.1, 0.15) is 47.8 Å². The third kappa shape index (κ3) is 3.77. The second-order valence-corrected chi connectivity index (χ2v) is 7.85. The highest BCUT2D eigenvalue weighted by Crippen LogP contribution is 2.41. The van der Waals surface area contributed by atoms with Crippen LogP contribution in [0.5, 0.6) is 5.75 Å². The van der Waals surface area contributed by atoms with Crippen LogP contribution in [0.4, 0.5) is 11.4 Å². The molecule has 0 bridgehead atoms. The fraction of sp³-hybridized carbons (Fsp3) is 0.333. The SMILES string of the molecule is COC(=O)c1cccc(N=Cc2cc3c(cc2OC)N(C)C(C)(C)C=C3C)c1C. The number of ether oxygens (including phenoxy) is 2. The lowest BCUT2D eigenvalue weighted by Crippen LogP contribution is -2.42. The summed E-state index contributed by atoms with van der Waals surface area (Å²) >= 11 is 0. The predicted molar refractivity (Wildman–Crippen MR) is 119 cm³/mol. The van der Waals surface area contributed by atoms with Crippen molar-refractivity contribution in [2.24, 2.45) is 4.99 Å². The van der Waals surface area contributed by atoms with Gasteiger partial charge in [-0.2, -0.15) is 0 Å². The number of carbonyl (C=O) groups excluding carboxylic acids is 1. The molecule has 0 aliphatic carbocycles. The van der Waals surface area contributed by atoms with E-state index in [-0.39, 0.29) is 11.5 Å². The number of anilines is 1. The zero-order valence-corrected chi connectivity index (χ0v) is 18.2. The van der Waals surface area contributed by atoms with E-state index in [1.165, 1.54) is 12.7 Å². The Morgan fingerprint density at radius 3 is 2.55 bits per heavy atom. The number of benzene rings is 2. The van der Waals surface area contributed by atoms with Gasteiger partial charge in [0, 0.05) is 36.1 Å². The Morgan fingerprint density at radius 2 is 1.90 bits per heavy atom. The zero-order valence-electron chi connectivity index (χ0n) is 18.2. The van der Waals surface area contributed by atoms with Crippen LogP contribution >= 0.6 is 0 Å². The number of nitrogens with zero attached hydrogens (tertiary/aromatic N) is 2. The molecule has 5 nitrogen and oxygen atoms in total. The molecule has 0 spiro atoms. The summed E-state index contributed by atoms with van der Waals surface area (Å²) in [5.41, 5.74) is 6.36. The average molecular weight is 392 g/mol. The van der Waals surface area contributed by atoms with E-state index in [2.05, 4.69) is 55.9 Å². The van der Waals surface area contributed by atoms with Gasteiger partial charge in [-0.25, -0.2) is 4.79 Å². The van der Waals surface area contributed by atoms with Crippen molar-refractivity contribution in [2.75, 3.05) is 26.2 Å². The minimum Gasteiger partial charge on any atom is -0.496 e. The smallest absolute Gasteiger partial charge is 0.338 e. The van der Waals surface area contributed by atoms with Crippen molar-refractivity contribution in [3.63, 3.8) is 0 Å². The maximum Gasteiger partial charge on any atom is 0.338 e. The molecule has 1 aliphatic rings. The summed E-state index contributed by atoms with van der Waals surface area (Å²) in [5.74, 6) is 0.393. The van der Waals surface area contributed by atoms with Crippen molar-refractivity contribution in [3.8, 4) is 5.75 Å². The van der Waals surface area contributed by atoms with Gasteiger partial charge in [0.05, 0.1) is 31.0 Å². The quantitative estimate of drug-likeness (QED) is 0.532. The Morgan fingerprint density at radius 1 is 1.17 bits per heavy atom. The van der Waals surface area contributed by atoms with Crippen LogP contribution in [-0.2, 0) is 4.74 Å². The van der Waals surface area contributed by atoms with E-state index in [1.807, 2.05) is 13.0 Å². The Hall–Kier alpha value is -3.08. The molecule has 5 heteroatoms. The monoisotopic (exact) mass is 392 g/mol. The van der Waals surface area contributed by atoms with Crippen LogP contribution in [0.3, 0.4) is 0 Å². The van der Waals surface area contributed by atoms with Crippen molar-refractivity contribution in [3.05, 3.63) is 58.7 Å². The summed E-state index contributed by atoms with van der Waals surface area (Å²) in [6.45, 7) is 8.38. The zero-order chi connectivity index (χ0) is 21.3. The fourth-order valence-corrected chi connectivity index (χ4v) is 3.71. The van der Waals surface area contributed by atoms with E-state index in [4.69, 9.17) is 9.47 Å². The number of hydrogen-bond acceptors (Lipinski definition) is 5. The second kappa shape index (κ2) is 7.74. The molecular formula is C24H28N2O3. The largest absolute Gasteiger partial charge is 0.496 e. The number of allylic oxidation sites excluding steroid dienone is 1. The molecule has 0 fully saturated rings. The highest BCUT2D eigenvalue weighted by molar-refractivity contribution is 5.94. The maximum absolute atomic E-state index is 11.9. The van der Waals surface area contributed by atoms with Crippen molar-refractivity contribution in [1.82, 2.24) is 0 Å². The molecule has 1 heterocycles. The van der Waals surface area contributed by atoms with Crippen LogP contribution in [0.15, 0.2) is 41.4 Å². The van der Waals surface area contributed by atoms with Crippen molar-refractivity contribution in [1.29, 1.82) is 0 Å². The molecule has 0 unspecified atom stereocenters. The molecule has 0 aromatic heterocycles. The normalized spacial score (nSPS) is 15.1. The Labute approximate surface area is 172 Å². The second-order valence-electron chi connectivity index (χ2n) is 7.85. The minimum absolute atomic E-state index is 0.0663. The van der Waals surface area contributed by atoms with Crippen molar-refractivity contribution >= 4 is 29.1 Å². The van der Waals surface area contributed by atoms with Crippen LogP contribution in [-0.4, -0.2) is 39.0 Å². The number of methoxy groups -OCH3 is 2. The number of carbonyl (C=O) groups is 1. The van der Waals surface area contributed by atoms with Crippen LogP contribution in [0, 0.1) is 6.92 Å². The summed E-state index contributed by atoms with van der Waals surface area (Å²) in [7, 11) is 5.14. The number of fused-ring (bicyclic) bond motifs is 1. The molecule has 0 saturated heterocycles. The summed E-state index contributed by atoms with van der Waals surface area (Å²) in [5, 5.41) is 0. The maximum atomic E-state index is 11.9. The summed E-state index contributed by atoms with van der Waals surface area (Å²) in [6, 6.07) is 9.59. The Kier molecular flexibility index (Phi) is 5.51. The number of rotatable bonds is 4. The van der Waals surface area contributed by atoms with E-state index in [0.29, 0.717) is 5.56 Å². The lowest BCUT2D eigenvalue weighted by molar-refractivity contribution is 0.0600. The van der Waals surface area contributed by atoms with E-state index < -0.39 is 0 Å². The number of aliphatic imine (C=N–C) groups is 1. The van der Waals surface area contributed by atoms with Gasteiger partial charge in [-0.15, -0.1) is 0 Å². The van der Waals surface area contributed by atoms with Crippen molar-refractivity contribution < 1.29 is 14.3 Å². The molecule has 0 saturated carbocycles. The summed E-state index contributed by atoms with van der Waals surface area (Å²) < 4.78 is 10.5. The van der Waals surface area contributed by atoms with Gasteiger partial charge in [0.2, 0.25) is 0 Å². The number of hydrogen-bond donors (Lipinski definition) is 0. The van der Waals surface area contributed by atoms with E-state index >= 15 is 0 Å². The molecule has 0 amide bonds. The topological polar surface area (TPSA) is 51.1 Å².